The van der Waals surface area contributed by atoms with Gasteiger partial charge in [0, 0.05) is 31.7 Å². The fraction of sp³-hybridized carbons (Fsp3) is 0.227. The first-order valence-corrected chi connectivity index (χ1v) is 11.3. The lowest BCUT2D eigenvalue weighted by Gasteiger charge is -2.34. The molecular weight excluding hydrogens is 421 g/mol. The van der Waals surface area contributed by atoms with Crippen molar-refractivity contribution >= 4 is 21.6 Å². The van der Waals surface area contributed by atoms with Crippen LogP contribution in [0.3, 0.4) is 0 Å². The largest absolute Gasteiger partial charge is 0.468 e. The Bertz CT molecular complexity index is 1140. The Morgan fingerprint density at radius 3 is 2.32 bits per heavy atom. The summed E-state index contributed by atoms with van der Waals surface area (Å²) in [5.74, 6) is 0.0771. The van der Waals surface area contributed by atoms with Crippen molar-refractivity contribution in [3.63, 3.8) is 0 Å². The molecule has 1 N–H and O–H groups in total. The number of nitrogens with one attached hydrogen (secondary N) is 1. The van der Waals surface area contributed by atoms with Crippen LogP contribution in [0.25, 0.3) is 0 Å². The van der Waals surface area contributed by atoms with Gasteiger partial charge in [-0.3, -0.25) is 14.4 Å². The molecule has 1 aliphatic heterocycles. The van der Waals surface area contributed by atoms with Gasteiger partial charge in [0.15, 0.2) is 0 Å². The van der Waals surface area contributed by atoms with Crippen LogP contribution in [0.15, 0.2) is 76.2 Å². The lowest BCUT2D eigenvalue weighted by Crippen LogP contribution is -2.48. The second-order valence-corrected chi connectivity index (χ2v) is 8.94. The summed E-state index contributed by atoms with van der Waals surface area (Å²) in [6, 6.07) is 15.0. The Labute approximate surface area is 180 Å². The molecule has 0 unspecified atom stereocenters. The normalized spacial score (nSPS) is 15.1. The second-order valence-electron chi connectivity index (χ2n) is 7.26. The Morgan fingerprint density at radius 2 is 1.68 bits per heavy atom. The first kappa shape index (κ1) is 21.1. The molecule has 1 fully saturated rings. The Balaban J connectivity index is 1.37. The average molecular weight is 444 g/mol. The van der Waals surface area contributed by atoms with Crippen molar-refractivity contribution in [1.82, 2.24) is 9.80 Å². The van der Waals surface area contributed by atoms with Crippen LogP contribution in [0.2, 0.25) is 0 Å². The molecule has 1 saturated heterocycles. The van der Waals surface area contributed by atoms with Gasteiger partial charge in [-0.15, -0.1) is 0 Å². The maximum atomic E-state index is 13.8. The molecule has 31 heavy (non-hydrogen) atoms. The van der Waals surface area contributed by atoms with Crippen LogP contribution in [0, 0.1) is 5.82 Å². The highest BCUT2D eigenvalue weighted by Gasteiger charge is 2.23. The molecule has 1 aliphatic rings. The minimum Gasteiger partial charge on any atom is -0.468 e. The van der Waals surface area contributed by atoms with Gasteiger partial charge in [0.1, 0.15) is 11.6 Å². The van der Waals surface area contributed by atoms with Crippen LogP contribution in [0.1, 0.15) is 16.1 Å². The van der Waals surface area contributed by atoms with Crippen molar-refractivity contribution in [2.24, 2.45) is 0 Å². The smallest absolute Gasteiger partial charge is 0.261 e. The van der Waals surface area contributed by atoms with Crippen molar-refractivity contribution in [2.75, 3.05) is 30.9 Å². The van der Waals surface area contributed by atoms with Crippen LogP contribution < -0.4 is 4.72 Å². The summed E-state index contributed by atoms with van der Waals surface area (Å²) in [4.78, 5) is 16.7. The van der Waals surface area contributed by atoms with Crippen molar-refractivity contribution in [2.45, 2.75) is 11.4 Å². The van der Waals surface area contributed by atoms with Gasteiger partial charge in [0.05, 0.1) is 23.4 Å². The standard InChI is InChI=1S/C22H22FN3O4S/c23-20-5-1-2-6-21(20)24-31(28,29)19-9-7-17(8-10-19)22(27)26-13-11-25(12-14-26)16-18-4-3-15-30-18/h1-10,15,24H,11-14,16H2. The number of piperazine rings is 1. The van der Waals surface area contributed by atoms with E-state index in [1.807, 2.05) is 12.1 Å². The predicted molar refractivity (Wildman–Crippen MR) is 114 cm³/mol. The molecule has 4 rings (SSSR count). The Morgan fingerprint density at radius 1 is 0.968 bits per heavy atom. The average Bonchev–Trinajstić information content (AvgIpc) is 3.28. The number of carbonyl (C=O) groups is 1. The number of benzene rings is 2. The van der Waals surface area contributed by atoms with Gasteiger partial charge in [0.2, 0.25) is 0 Å². The van der Waals surface area contributed by atoms with Gasteiger partial charge in [-0.25, -0.2) is 12.8 Å². The van der Waals surface area contributed by atoms with Gasteiger partial charge in [-0.1, -0.05) is 12.1 Å². The van der Waals surface area contributed by atoms with Gasteiger partial charge in [-0.2, -0.15) is 0 Å². The van der Waals surface area contributed by atoms with Crippen LogP contribution >= 0.6 is 0 Å². The quantitative estimate of drug-likeness (QED) is 0.633. The van der Waals surface area contributed by atoms with Crippen molar-refractivity contribution in [1.29, 1.82) is 0 Å². The topological polar surface area (TPSA) is 82.9 Å². The molecule has 0 spiro atoms. The third-order valence-electron chi connectivity index (χ3n) is 5.15. The number of hydrogen-bond donors (Lipinski definition) is 1. The van der Waals surface area contributed by atoms with E-state index in [4.69, 9.17) is 4.42 Å². The third kappa shape index (κ3) is 4.95. The van der Waals surface area contributed by atoms with Crippen LogP contribution in [0.4, 0.5) is 10.1 Å². The number of halogens is 1. The molecule has 2 heterocycles. The van der Waals surface area contributed by atoms with Crippen molar-refractivity contribution in [3.8, 4) is 0 Å². The second kappa shape index (κ2) is 8.91. The van der Waals surface area contributed by atoms with Crippen molar-refractivity contribution in [3.05, 3.63) is 84.1 Å². The fourth-order valence-electron chi connectivity index (χ4n) is 3.44. The minimum atomic E-state index is -3.97. The zero-order valence-electron chi connectivity index (χ0n) is 16.7. The lowest BCUT2D eigenvalue weighted by molar-refractivity contribution is 0.0620. The fourth-order valence-corrected chi connectivity index (χ4v) is 4.51. The molecule has 0 bridgehead atoms. The summed E-state index contributed by atoms with van der Waals surface area (Å²) < 4.78 is 46.4. The van der Waals surface area contributed by atoms with Crippen LogP contribution in [0.5, 0.6) is 0 Å². The Kier molecular flexibility index (Phi) is 6.06. The number of anilines is 1. The summed E-state index contributed by atoms with van der Waals surface area (Å²) in [6.45, 7) is 3.32. The summed E-state index contributed by atoms with van der Waals surface area (Å²) in [6.07, 6.45) is 1.64. The molecular formula is C22H22FN3O4S. The zero-order valence-corrected chi connectivity index (χ0v) is 17.5. The molecule has 162 valence electrons. The molecule has 0 saturated carbocycles. The van der Waals surface area contributed by atoms with E-state index in [1.54, 1.807) is 11.2 Å². The SMILES string of the molecule is O=C(c1ccc(S(=O)(=O)Nc2ccccc2F)cc1)N1CCN(Cc2ccco2)CC1. The van der Waals surface area contributed by atoms with E-state index in [0.29, 0.717) is 25.2 Å². The van der Waals surface area contributed by atoms with Gasteiger partial charge in [-0.05, 0) is 48.5 Å². The van der Waals surface area contributed by atoms with E-state index in [-0.39, 0.29) is 16.5 Å². The molecule has 0 aliphatic carbocycles. The highest BCUT2D eigenvalue weighted by atomic mass is 32.2. The maximum absolute atomic E-state index is 13.8. The minimum absolute atomic E-state index is 0.0458. The lowest BCUT2D eigenvalue weighted by atomic mass is 10.2. The first-order valence-electron chi connectivity index (χ1n) is 9.84. The van der Waals surface area contributed by atoms with Crippen molar-refractivity contribution < 1.29 is 22.0 Å². The number of rotatable bonds is 6. The van der Waals surface area contributed by atoms with Crippen LogP contribution in [-0.2, 0) is 16.6 Å². The zero-order chi connectivity index (χ0) is 21.8. The van der Waals surface area contributed by atoms with E-state index >= 15 is 0 Å². The number of amides is 1. The van der Waals surface area contributed by atoms with Gasteiger partial charge >= 0.3 is 0 Å². The first-order chi connectivity index (χ1) is 14.9. The molecule has 7 nitrogen and oxygen atoms in total. The number of para-hydroxylation sites is 1. The third-order valence-corrected chi connectivity index (χ3v) is 6.53. The van der Waals surface area contributed by atoms with E-state index in [1.165, 1.54) is 48.5 Å². The number of hydrogen-bond acceptors (Lipinski definition) is 5. The highest BCUT2D eigenvalue weighted by molar-refractivity contribution is 7.92. The Hall–Kier alpha value is -3.17. The molecule has 9 heteroatoms. The van der Waals surface area contributed by atoms with Gasteiger partial charge in [0.25, 0.3) is 15.9 Å². The molecule has 1 amide bonds. The van der Waals surface area contributed by atoms with E-state index in [2.05, 4.69) is 9.62 Å². The maximum Gasteiger partial charge on any atom is 0.261 e. The van der Waals surface area contributed by atoms with Gasteiger partial charge < -0.3 is 9.32 Å². The molecule has 0 atom stereocenters. The summed E-state index contributed by atoms with van der Waals surface area (Å²) >= 11 is 0. The summed E-state index contributed by atoms with van der Waals surface area (Å²) in [7, 11) is -3.97. The predicted octanol–water partition coefficient (Wildman–Crippen LogP) is 3.18. The van der Waals surface area contributed by atoms with E-state index < -0.39 is 15.8 Å². The number of furan rings is 1. The summed E-state index contributed by atoms with van der Waals surface area (Å²) in [5, 5.41) is 0. The number of nitrogens with zero attached hydrogens (tertiary/aromatic N) is 2. The molecule has 3 aromatic rings. The summed E-state index contributed by atoms with van der Waals surface area (Å²) in [5.41, 5.74) is 0.277. The molecule has 1 aromatic heterocycles. The number of sulfonamides is 1. The van der Waals surface area contributed by atoms with E-state index in [0.717, 1.165) is 18.8 Å². The molecule has 0 radical (unpaired) electrons. The highest BCUT2D eigenvalue weighted by Crippen LogP contribution is 2.20. The van der Waals surface area contributed by atoms with E-state index in [9.17, 15) is 17.6 Å². The van der Waals surface area contributed by atoms with Crippen LogP contribution in [-0.4, -0.2) is 50.3 Å². The number of carbonyl (C=O) groups excluding carboxylic acids is 1. The molecule has 2 aromatic carbocycles. The monoisotopic (exact) mass is 443 g/mol.